The van der Waals surface area contributed by atoms with Gasteiger partial charge >= 0.3 is 0 Å². The molecule has 0 saturated heterocycles. The Morgan fingerprint density at radius 3 is 2.81 bits per heavy atom. The standard InChI is InChI=1S/C9H15N7/c1-7(9-14-12-6-15(9)2)10-4-8-11-5-13-16(8)3/h5-7,10H,4H2,1-3H3. The highest BCUT2D eigenvalue weighted by Gasteiger charge is 2.11. The molecule has 86 valence electrons. The first-order valence-corrected chi connectivity index (χ1v) is 5.08. The number of hydrogen-bond acceptors (Lipinski definition) is 5. The molecule has 0 aliphatic heterocycles. The Morgan fingerprint density at radius 1 is 1.44 bits per heavy atom. The van der Waals surface area contributed by atoms with E-state index in [-0.39, 0.29) is 6.04 Å². The van der Waals surface area contributed by atoms with Crippen LogP contribution in [0.25, 0.3) is 0 Å². The van der Waals surface area contributed by atoms with Gasteiger partial charge in [-0.3, -0.25) is 4.68 Å². The quantitative estimate of drug-likeness (QED) is 0.773. The van der Waals surface area contributed by atoms with Crippen molar-refractivity contribution in [2.24, 2.45) is 14.1 Å². The van der Waals surface area contributed by atoms with Crippen LogP contribution in [0.15, 0.2) is 12.7 Å². The minimum atomic E-state index is 0.129. The van der Waals surface area contributed by atoms with Crippen LogP contribution in [0.1, 0.15) is 24.6 Å². The molecule has 1 N–H and O–H groups in total. The molecule has 2 heterocycles. The van der Waals surface area contributed by atoms with Crippen LogP contribution in [0, 0.1) is 0 Å². The molecule has 0 bridgehead atoms. The third kappa shape index (κ3) is 2.08. The highest BCUT2D eigenvalue weighted by molar-refractivity contribution is 4.93. The monoisotopic (exact) mass is 221 g/mol. The summed E-state index contributed by atoms with van der Waals surface area (Å²) in [5.41, 5.74) is 0. The number of rotatable bonds is 4. The molecule has 0 aliphatic carbocycles. The second-order valence-electron chi connectivity index (χ2n) is 3.70. The smallest absolute Gasteiger partial charge is 0.149 e. The third-order valence-corrected chi connectivity index (χ3v) is 2.51. The summed E-state index contributed by atoms with van der Waals surface area (Å²) in [7, 11) is 3.80. The molecule has 16 heavy (non-hydrogen) atoms. The van der Waals surface area contributed by atoms with E-state index in [2.05, 4.69) is 25.6 Å². The SMILES string of the molecule is CC(NCc1ncnn1C)c1nncn1C. The fourth-order valence-corrected chi connectivity index (χ4v) is 1.50. The Balaban J connectivity index is 1.97. The predicted molar refractivity (Wildman–Crippen MR) is 57.3 cm³/mol. The number of hydrogen-bond donors (Lipinski definition) is 1. The first-order valence-electron chi connectivity index (χ1n) is 5.08. The van der Waals surface area contributed by atoms with E-state index in [0.717, 1.165) is 11.6 Å². The van der Waals surface area contributed by atoms with Crippen molar-refractivity contribution < 1.29 is 0 Å². The third-order valence-electron chi connectivity index (χ3n) is 2.51. The maximum absolute atomic E-state index is 4.14. The lowest BCUT2D eigenvalue weighted by molar-refractivity contribution is 0.506. The molecule has 0 aromatic carbocycles. The molecule has 2 aromatic heterocycles. The molecule has 7 heteroatoms. The van der Waals surface area contributed by atoms with Crippen molar-refractivity contribution in [2.75, 3.05) is 0 Å². The van der Waals surface area contributed by atoms with Crippen LogP contribution in [0.2, 0.25) is 0 Å². The van der Waals surface area contributed by atoms with Gasteiger partial charge in [-0.05, 0) is 6.92 Å². The lowest BCUT2D eigenvalue weighted by Gasteiger charge is -2.12. The molecule has 2 rings (SSSR count). The molecular formula is C9H15N7. The number of nitrogens with zero attached hydrogens (tertiary/aromatic N) is 6. The highest BCUT2D eigenvalue weighted by Crippen LogP contribution is 2.07. The Labute approximate surface area is 93.5 Å². The summed E-state index contributed by atoms with van der Waals surface area (Å²) >= 11 is 0. The zero-order valence-corrected chi connectivity index (χ0v) is 9.62. The Morgan fingerprint density at radius 2 is 2.25 bits per heavy atom. The van der Waals surface area contributed by atoms with E-state index >= 15 is 0 Å². The second kappa shape index (κ2) is 4.40. The fourth-order valence-electron chi connectivity index (χ4n) is 1.50. The van der Waals surface area contributed by atoms with Gasteiger partial charge < -0.3 is 9.88 Å². The van der Waals surface area contributed by atoms with E-state index in [1.807, 2.05) is 25.6 Å². The number of nitrogens with one attached hydrogen (secondary N) is 1. The maximum Gasteiger partial charge on any atom is 0.149 e. The van der Waals surface area contributed by atoms with E-state index < -0.39 is 0 Å². The van der Waals surface area contributed by atoms with Crippen LogP contribution >= 0.6 is 0 Å². The Hall–Kier alpha value is -1.76. The van der Waals surface area contributed by atoms with Crippen molar-refractivity contribution in [2.45, 2.75) is 19.5 Å². The predicted octanol–water partition coefficient (Wildman–Crippen LogP) is -0.206. The van der Waals surface area contributed by atoms with Crippen molar-refractivity contribution in [1.82, 2.24) is 34.8 Å². The van der Waals surface area contributed by atoms with Gasteiger partial charge in [0, 0.05) is 14.1 Å². The average molecular weight is 221 g/mol. The molecule has 1 atom stereocenters. The molecule has 0 amide bonds. The van der Waals surface area contributed by atoms with E-state index in [4.69, 9.17) is 0 Å². The van der Waals surface area contributed by atoms with Crippen molar-refractivity contribution >= 4 is 0 Å². The van der Waals surface area contributed by atoms with Gasteiger partial charge in [0.05, 0.1) is 12.6 Å². The molecule has 0 aliphatic rings. The summed E-state index contributed by atoms with van der Waals surface area (Å²) in [6.45, 7) is 2.70. The van der Waals surface area contributed by atoms with Gasteiger partial charge in [-0.15, -0.1) is 10.2 Å². The molecule has 7 nitrogen and oxygen atoms in total. The van der Waals surface area contributed by atoms with Crippen molar-refractivity contribution in [3.63, 3.8) is 0 Å². The summed E-state index contributed by atoms with van der Waals surface area (Å²) < 4.78 is 3.64. The van der Waals surface area contributed by atoms with Crippen LogP contribution in [0.4, 0.5) is 0 Å². The molecule has 0 spiro atoms. The van der Waals surface area contributed by atoms with Gasteiger partial charge in [-0.1, -0.05) is 0 Å². The van der Waals surface area contributed by atoms with Gasteiger partial charge in [-0.2, -0.15) is 5.10 Å². The fraction of sp³-hybridized carbons (Fsp3) is 0.556. The van der Waals surface area contributed by atoms with E-state index in [1.54, 1.807) is 17.3 Å². The van der Waals surface area contributed by atoms with Gasteiger partial charge in [0.1, 0.15) is 24.3 Å². The number of aromatic nitrogens is 6. The first-order chi connectivity index (χ1) is 7.68. The highest BCUT2D eigenvalue weighted by atomic mass is 15.3. The molecule has 2 aromatic rings. The average Bonchev–Trinajstić information content (AvgIpc) is 2.84. The lowest BCUT2D eigenvalue weighted by Crippen LogP contribution is -2.22. The molecule has 0 radical (unpaired) electrons. The van der Waals surface area contributed by atoms with E-state index in [9.17, 15) is 0 Å². The molecule has 1 unspecified atom stereocenters. The maximum atomic E-state index is 4.14. The normalized spacial score (nSPS) is 12.9. The largest absolute Gasteiger partial charge is 0.319 e. The van der Waals surface area contributed by atoms with E-state index in [0.29, 0.717) is 6.54 Å². The minimum absolute atomic E-state index is 0.129. The lowest BCUT2D eigenvalue weighted by atomic mass is 10.3. The zero-order valence-electron chi connectivity index (χ0n) is 9.62. The van der Waals surface area contributed by atoms with Gasteiger partial charge in [0.2, 0.25) is 0 Å². The molecule has 0 fully saturated rings. The topological polar surface area (TPSA) is 73.5 Å². The zero-order chi connectivity index (χ0) is 11.5. The van der Waals surface area contributed by atoms with Gasteiger partial charge in [0.25, 0.3) is 0 Å². The van der Waals surface area contributed by atoms with Gasteiger partial charge in [-0.25, -0.2) is 4.98 Å². The minimum Gasteiger partial charge on any atom is -0.319 e. The summed E-state index contributed by atoms with van der Waals surface area (Å²) in [6.07, 6.45) is 3.24. The van der Waals surface area contributed by atoms with Crippen molar-refractivity contribution in [1.29, 1.82) is 0 Å². The summed E-state index contributed by atoms with van der Waals surface area (Å²) in [5.74, 6) is 1.80. The van der Waals surface area contributed by atoms with Gasteiger partial charge in [0.15, 0.2) is 0 Å². The summed E-state index contributed by atoms with van der Waals surface area (Å²) in [5, 5.41) is 15.2. The first kappa shape index (κ1) is 10.7. The molecular weight excluding hydrogens is 206 g/mol. The van der Waals surface area contributed by atoms with Crippen LogP contribution in [-0.2, 0) is 20.6 Å². The van der Waals surface area contributed by atoms with E-state index in [1.165, 1.54) is 0 Å². The summed E-state index contributed by atoms with van der Waals surface area (Å²) in [4.78, 5) is 4.14. The Kier molecular flexibility index (Phi) is 2.95. The van der Waals surface area contributed by atoms with Crippen LogP contribution in [0.3, 0.4) is 0 Å². The van der Waals surface area contributed by atoms with Crippen LogP contribution < -0.4 is 5.32 Å². The molecule has 0 saturated carbocycles. The Bertz CT molecular complexity index is 458. The second-order valence-corrected chi connectivity index (χ2v) is 3.70. The van der Waals surface area contributed by atoms with Crippen molar-refractivity contribution in [3.05, 3.63) is 24.3 Å². The van der Waals surface area contributed by atoms with Crippen molar-refractivity contribution in [3.8, 4) is 0 Å². The summed E-state index contributed by atoms with van der Waals surface area (Å²) in [6, 6.07) is 0.129. The van der Waals surface area contributed by atoms with Crippen LogP contribution in [-0.4, -0.2) is 29.5 Å². The van der Waals surface area contributed by atoms with Crippen LogP contribution in [0.5, 0.6) is 0 Å². The number of aryl methyl sites for hydroxylation is 2.